The van der Waals surface area contributed by atoms with E-state index in [-0.39, 0.29) is 11.7 Å². The topological polar surface area (TPSA) is 12.4 Å². The third kappa shape index (κ3) is 2.33. The van der Waals surface area contributed by atoms with Crippen LogP contribution in [0.25, 0.3) is 0 Å². The molecule has 1 aromatic rings. The molecule has 1 aromatic carbocycles. The summed E-state index contributed by atoms with van der Waals surface area (Å²) in [5, 5.41) is 0. The van der Waals surface area contributed by atoms with Crippen molar-refractivity contribution in [1.82, 2.24) is 0 Å². The molecule has 3 aliphatic rings. The number of fused-ring (bicyclic) bond motifs is 1. The van der Waals surface area contributed by atoms with E-state index in [0.29, 0.717) is 4.47 Å². The second kappa shape index (κ2) is 5.40. The van der Waals surface area contributed by atoms with Crippen molar-refractivity contribution in [2.24, 2.45) is 4.99 Å². The summed E-state index contributed by atoms with van der Waals surface area (Å²) in [6, 6.07) is 5.42. The van der Waals surface area contributed by atoms with Crippen LogP contribution in [-0.2, 0) is 0 Å². The van der Waals surface area contributed by atoms with Crippen LogP contribution in [0.3, 0.4) is 0 Å². The van der Waals surface area contributed by atoms with Crippen LogP contribution in [0.5, 0.6) is 0 Å². The number of aliphatic imine (C=N–C) groups is 1. The van der Waals surface area contributed by atoms with Gasteiger partial charge in [-0.15, -0.1) is 11.8 Å². The average molecular weight is 364 g/mol. The summed E-state index contributed by atoms with van der Waals surface area (Å²) in [6.07, 6.45) is 6.80. The van der Waals surface area contributed by atoms with Gasteiger partial charge in [0.05, 0.1) is 10.2 Å². The van der Waals surface area contributed by atoms with E-state index in [1.165, 1.54) is 33.9 Å². The maximum atomic E-state index is 13.6. The molecule has 0 amide bonds. The number of hydrogen-bond donors (Lipinski definition) is 0. The molecule has 1 unspecified atom stereocenters. The molecule has 2 heterocycles. The molecule has 0 bridgehead atoms. The summed E-state index contributed by atoms with van der Waals surface area (Å²) in [6.45, 7) is 0. The van der Waals surface area contributed by atoms with Gasteiger partial charge in [-0.05, 0) is 64.9 Å². The zero-order valence-electron chi connectivity index (χ0n) is 11.5. The van der Waals surface area contributed by atoms with E-state index in [4.69, 9.17) is 4.99 Å². The molecule has 0 spiro atoms. The highest BCUT2D eigenvalue weighted by molar-refractivity contribution is 9.10. The number of halogens is 2. The van der Waals surface area contributed by atoms with Crippen LogP contribution < -0.4 is 0 Å². The van der Waals surface area contributed by atoms with Crippen LogP contribution in [0.15, 0.2) is 49.9 Å². The Balaban J connectivity index is 1.86. The largest absolute Gasteiger partial charge is 0.257 e. The van der Waals surface area contributed by atoms with E-state index >= 15 is 0 Å². The number of benzene rings is 1. The first kappa shape index (κ1) is 13.8. The predicted molar refractivity (Wildman–Crippen MR) is 90.3 cm³/mol. The van der Waals surface area contributed by atoms with Crippen molar-refractivity contribution in [2.75, 3.05) is 5.75 Å². The van der Waals surface area contributed by atoms with E-state index in [2.05, 4.69) is 22.0 Å². The molecule has 0 N–H and O–H groups in total. The highest BCUT2D eigenvalue weighted by Crippen LogP contribution is 2.50. The van der Waals surface area contributed by atoms with E-state index < -0.39 is 0 Å². The van der Waals surface area contributed by atoms with Crippen molar-refractivity contribution >= 4 is 33.4 Å². The molecule has 21 heavy (non-hydrogen) atoms. The van der Waals surface area contributed by atoms with Crippen LogP contribution >= 0.6 is 27.7 Å². The zero-order valence-corrected chi connectivity index (χ0v) is 13.9. The first-order chi connectivity index (χ1) is 10.2. The minimum atomic E-state index is -0.200. The number of hydrogen-bond acceptors (Lipinski definition) is 2. The van der Waals surface area contributed by atoms with Gasteiger partial charge >= 0.3 is 0 Å². The molecular formula is C17H15BrFNS. The lowest BCUT2D eigenvalue weighted by atomic mass is 9.80. The summed E-state index contributed by atoms with van der Waals surface area (Å²) >= 11 is 5.24. The fourth-order valence-electron chi connectivity index (χ4n) is 3.35. The third-order valence-corrected chi connectivity index (χ3v) is 6.11. The molecular weight excluding hydrogens is 349 g/mol. The molecule has 1 aliphatic carbocycles. The first-order valence-electron chi connectivity index (χ1n) is 7.33. The van der Waals surface area contributed by atoms with Crippen molar-refractivity contribution in [1.29, 1.82) is 0 Å². The lowest BCUT2D eigenvalue weighted by Gasteiger charge is -2.30. The lowest BCUT2D eigenvalue weighted by Crippen LogP contribution is -2.20. The van der Waals surface area contributed by atoms with Gasteiger partial charge in [0.15, 0.2) is 0 Å². The highest BCUT2D eigenvalue weighted by atomic mass is 79.9. The fraction of sp³-hybridized carbons (Fsp3) is 0.353. The van der Waals surface area contributed by atoms with E-state index in [0.717, 1.165) is 25.0 Å². The van der Waals surface area contributed by atoms with Crippen molar-refractivity contribution in [3.05, 3.63) is 56.3 Å². The molecule has 0 aromatic heterocycles. The Kier molecular flexibility index (Phi) is 3.54. The Morgan fingerprint density at radius 1 is 1.29 bits per heavy atom. The second-order valence-corrected chi connectivity index (χ2v) is 7.62. The summed E-state index contributed by atoms with van der Waals surface area (Å²) in [7, 11) is 0. The van der Waals surface area contributed by atoms with E-state index in [9.17, 15) is 4.39 Å². The molecule has 0 saturated heterocycles. The van der Waals surface area contributed by atoms with Crippen LogP contribution in [0.2, 0.25) is 0 Å². The average Bonchev–Trinajstić information content (AvgIpc) is 2.95. The van der Waals surface area contributed by atoms with Gasteiger partial charge in [-0.1, -0.05) is 12.1 Å². The number of rotatable bonds is 1. The molecule has 108 valence electrons. The smallest absolute Gasteiger partial charge is 0.137 e. The normalized spacial score (nSPS) is 24.4. The predicted octanol–water partition coefficient (Wildman–Crippen LogP) is 5.59. The number of thioether (sulfide) groups is 1. The molecule has 4 rings (SSSR count). The van der Waals surface area contributed by atoms with Crippen LogP contribution in [0, 0.1) is 5.82 Å². The van der Waals surface area contributed by atoms with Crippen molar-refractivity contribution in [3.8, 4) is 0 Å². The Labute approximate surface area is 136 Å². The summed E-state index contributed by atoms with van der Waals surface area (Å²) in [4.78, 5) is 6.28. The maximum absolute atomic E-state index is 13.6. The molecule has 4 heteroatoms. The lowest BCUT2D eigenvalue weighted by molar-refractivity contribution is 0.620. The van der Waals surface area contributed by atoms with Crippen LogP contribution in [0.4, 0.5) is 4.39 Å². The Morgan fingerprint density at radius 3 is 3.05 bits per heavy atom. The highest BCUT2D eigenvalue weighted by Gasteiger charge is 2.34. The molecule has 0 radical (unpaired) electrons. The summed E-state index contributed by atoms with van der Waals surface area (Å²) in [5.74, 6) is 1.18. The molecule has 0 fully saturated rings. The summed E-state index contributed by atoms with van der Waals surface area (Å²) < 4.78 is 14.1. The fourth-order valence-corrected chi connectivity index (χ4v) is 5.00. The van der Waals surface area contributed by atoms with Crippen molar-refractivity contribution in [3.63, 3.8) is 0 Å². The molecule has 0 saturated carbocycles. The van der Waals surface area contributed by atoms with Gasteiger partial charge < -0.3 is 0 Å². The number of nitrogens with zero attached hydrogens (tertiary/aromatic N) is 1. The monoisotopic (exact) mass is 363 g/mol. The van der Waals surface area contributed by atoms with Gasteiger partial charge in [-0.25, -0.2) is 4.39 Å². The van der Waals surface area contributed by atoms with Crippen LogP contribution in [0.1, 0.15) is 37.2 Å². The van der Waals surface area contributed by atoms with Gasteiger partial charge in [0.25, 0.3) is 0 Å². The Morgan fingerprint density at radius 2 is 2.19 bits per heavy atom. The second-order valence-electron chi connectivity index (χ2n) is 5.63. The van der Waals surface area contributed by atoms with Gasteiger partial charge in [-0.2, -0.15) is 0 Å². The Hall–Kier alpha value is -0.870. The maximum Gasteiger partial charge on any atom is 0.137 e. The van der Waals surface area contributed by atoms with Gasteiger partial charge in [0, 0.05) is 22.3 Å². The first-order valence-corrected chi connectivity index (χ1v) is 9.10. The van der Waals surface area contributed by atoms with Gasteiger partial charge in [-0.3, -0.25) is 4.99 Å². The SMILES string of the molecule is Fc1ccc(C2C3=CCCCC3=NC3=C2SCC3)cc1Br. The van der Waals surface area contributed by atoms with Gasteiger partial charge in [0.1, 0.15) is 5.82 Å². The molecule has 1 atom stereocenters. The summed E-state index contributed by atoms with van der Waals surface area (Å²) in [5.41, 5.74) is 5.05. The minimum absolute atomic E-state index is 0.200. The zero-order chi connectivity index (χ0) is 14.4. The van der Waals surface area contributed by atoms with Crippen molar-refractivity contribution in [2.45, 2.75) is 31.6 Å². The minimum Gasteiger partial charge on any atom is -0.257 e. The molecule has 1 nitrogen and oxygen atoms in total. The van der Waals surface area contributed by atoms with Crippen LogP contribution in [-0.4, -0.2) is 11.5 Å². The standard InChI is InChI=1S/C17H15BrFNS/c18-12-9-10(5-6-13(12)19)16-11-3-1-2-4-14(11)20-15-7-8-21-17(15)16/h3,5-6,9,16H,1-2,4,7-8H2. The Bertz CT molecular complexity index is 705. The van der Waals surface area contributed by atoms with E-state index in [1.807, 2.05) is 23.9 Å². The quantitative estimate of drug-likeness (QED) is 0.633. The number of allylic oxidation sites excluding steroid dienone is 4. The van der Waals surface area contributed by atoms with E-state index in [1.54, 1.807) is 6.07 Å². The third-order valence-electron chi connectivity index (χ3n) is 4.32. The molecule has 2 aliphatic heterocycles. The van der Waals surface area contributed by atoms with Gasteiger partial charge in [0.2, 0.25) is 0 Å². The van der Waals surface area contributed by atoms with Crippen molar-refractivity contribution < 1.29 is 4.39 Å².